The zero-order valence-corrected chi connectivity index (χ0v) is 9.83. The van der Waals surface area contributed by atoms with Crippen LogP contribution in [0.4, 0.5) is 0 Å². The van der Waals surface area contributed by atoms with Gasteiger partial charge in [-0.2, -0.15) is 0 Å². The Morgan fingerprint density at radius 2 is 2.53 bits per heavy atom. The summed E-state index contributed by atoms with van der Waals surface area (Å²) in [6, 6.07) is 0.384. The van der Waals surface area contributed by atoms with Gasteiger partial charge in [-0.25, -0.2) is 0 Å². The van der Waals surface area contributed by atoms with E-state index in [2.05, 4.69) is 17.2 Å². The van der Waals surface area contributed by atoms with Gasteiger partial charge in [-0.15, -0.1) is 11.3 Å². The number of hydrogen-bond acceptors (Lipinski definition) is 4. The van der Waals surface area contributed by atoms with Crippen LogP contribution in [0.15, 0.2) is 11.7 Å². The first-order valence-corrected chi connectivity index (χ1v) is 6.43. The van der Waals surface area contributed by atoms with Crippen LogP contribution < -0.4 is 5.32 Å². The predicted octanol–water partition coefficient (Wildman–Crippen LogP) is 1.95. The Morgan fingerprint density at radius 1 is 1.67 bits per heavy atom. The third-order valence-corrected chi connectivity index (χ3v) is 4.06. The van der Waals surface area contributed by atoms with Crippen molar-refractivity contribution in [3.63, 3.8) is 0 Å². The Balaban J connectivity index is 1.74. The van der Waals surface area contributed by atoms with Crippen molar-refractivity contribution in [3.05, 3.63) is 16.6 Å². The molecule has 1 fully saturated rings. The molecular formula is C11H18N2OS. The molecule has 0 aliphatic heterocycles. The fourth-order valence-corrected chi connectivity index (χ4v) is 2.77. The number of nitrogens with zero attached hydrogens (tertiary/aromatic N) is 1. The summed E-state index contributed by atoms with van der Waals surface area (Å²) < 4.78 is 0. The van der Waals surface area contributed by atoms with Crippen molar-refractivity contribution in [1.82, 2.24) is 10.3 Å². The second-order valence-corrected chi connectivity index (χ2v) is 5.28. The normalized spacial score (nSPS) is 28.1. The Morgan fingerprint density at radius 3 is 3.13 bits per heavy atom. The van der Waals surface area contributed by atoms with Crippen molar-refractivity contribution in [3.8, 4) is 0 Å². The molecule has 1 aliphatic rings. The molecule has 2 N–H and O–H groups in total. The van der Waals surface area contributed by atoms with Gasteiger partial charge in [0.1, 0.15) is 0 Å². The molecule has 0 aromatic carbocycles. The highest BCUT2D eigenvalue weighted by Gasteiger charge is 2.22. The van der Waals surface area contributed by atoms with Gasteiger partial charge in [-0.05, 0) is 38.6 Å². The molecule has 1 heterocycles. The summed E-state index contributed by atoms with van der Waals surface area (Å²) in [6.45, 7) is 3.18. The predicted molar refractivity (Wildman–Crippen MR) is 61.9 cm³/mol. The molecule has 1 saturated carbocycles. The van der Waals surface area contributed by atoms with Crippen LogP contribution in [-0.2, 0) is 0 Å². The summed E-state index contributed by atoms with van der Waals surface area (Å²) in [5, 5.41) is 12.9. The molecule has 0 spiro atoms. The molecule has 84 valence electrons. The highest BCUT2D eigenvalue weighted by atomic mass is 32.1. The monoisotopic (exact) mass is 226 g/mol. The second-order valence-electron chi connectivity index (χ2n) is 4.37. The summed E-state index contributed by atoms with van der Waals surface area (Å²) in [4.78, 5) is 5.36. The van der Waals surface area contributed by atoms with E-state index in [9.17, 15) is 5.11 Å². The highest BCUT2D eigenvalue weighted by Crippen LogP contribution is 2.25. The number of aliphatic hydroxyl groups is 1. The fraction of sp³-hybridized carbons (Fsp3) is 0.727. The highest BCUT2D eigenvalue weighted by molar-refractivity contribution is 7.09. The number of aromatic nitrogens is 1. The maximum absolute atomic E-state index is 9.41. The van der Waals surface area contributed by atoms with Crippen LogP contribution in [0, 0.1) is 5.92 Å². The van der Waals surface area contributed by atoms with Crippen molar-refractivity contribution in [2.75, 3.05) is 6.54 Å². The Kier molecular flexibility index (Phi) is 3.72. The summed E-state index contributed by atoms with van der Waals surface area (Å²) in [6.07, 6.45) is 4.95. The molecule has 1 aromatic heterocycles. The van der Waals surface area contributed by atoms with E-state index in [4.69, 9.17) is 0 Å². The summed E-state index contributed by atoms with van der Waals surface area (Å²) in [7, 11) is 0. The van der Waals surface area contributed by atoms with Gasteiger partial charge in [0.25, 0.3) is 0 Å². The largest absolute Gasteiger partial charge is 0.393 e. The molecule has 0 radical (unpaired) electrons. The van der Waals surface area contributed by atoms with Crippen molar-refractivity contribution in [1.29, 1.82) is 0 Å². The first-order chi connectivity index (χ1) is 7.25. The van der Waals surface area contributed by atoms with E-state index < -0.39 is 0 Å². The number of rotatable bonds is 4. The lowest BCUT2D eigenvalue weighted by atomic mass is 10.1. The van der Waals surface area contributed by atoms with E-state index in [1.165, 1.54) is 4.88 Å². The molecule has 3 nitrogen and oxygen atoms in total. The van der Waals surface area contributed by atoms with E-state index in [0.29, 0.717) is 12.0 Å². The molecule has 0 amide bonds. The smallest absolute Gasteiger partial charge is 0.0794 e. The lowest BCUT2D eigenvalue weighted by Crippen LogP contribution is -2.24. The van der Waals surface area contributed by atoms with Crippen LogP contribution >= 0.6 is 11.3 Å². The topological polar surface area (TPSA) is 45.1 Å². The maximum Gasteiger partial charge on any atom is 0.0794 e. The average Bonchev–Trinajstić information content (AvgIpc) is 2.84. The molecule has 15 heavy (non-hydrogen) atoms. The van der Waals surface area contributed by atoms with Crippen LogP contribution in [0.3, 0.4) is 0 Å². The molecular weight excluding hydrogens is 208 g/mol. The van der Waals surface area contributed by atoms with Gasteiger partial charge in [0.15, 0.2) is 0 Å². The number of nitrogens with one attached hydrogen (secondary N) is 1. The molecule has 3 unspecified atom stereocenters. The molecule has 1 aliphatic carbocycles. The summed E-state index contributed by atoms with van der Waals surface area (Å²) in [5.74, 6) is 0.648. The van der Waals surface area contributed by atoms with Crippen LogP contribution in [0.25, 0.3) is 0 Å². The van der Waals surface area contributed by atoms with Crippen molar-refractivity contribution >= 4 is 11.3 Å². The first-order valence-electron chi connectivity index (χ1n) is 5.55. The lowest BCUT2D eigenvalue weighted by molar-refractivity contribution is 0.177. The zero-order valence-electron chi connectivity index (χ0n) is 9.02. The quantitative estimate of drug-likeness (QED) is 0.825. The van der Waals surface area contributed by atoms with Crippen LogP contribution in [0.1, 0.15) is 37.1 Å². The second kappa shape index (κ2) is 5.05. The van der Waals surface area contributed by atoms with E-state index in [-0.39, 0.29) is 6.10 Å². The van der Waals surface area contributed by atoms with Crippen molar-refractivity contribution in [2.45, 2.75) is 38.3 Å². The van der Waals surface area contributed by atoms with E-state index >= 15 is 0 Å². The molecule has 1 aromatic rings. The van der Waals surface area contributed by atoms with E-state index in [1.54, 1.807) is 11.3 Å². The van der Waals surface area contributed by atoms with Gasteiger partial charge < -0.3 is 10.4 Å². The molecule has 0 saturated heterocycles. The minimum absolute atomic E-state index is 0.0597. The van der Waals surface area contributed by atoms with Crippen molar-refractivity contribution < 1.29 is 5.11 Å². The van der Waals surface area contributed by atoms with Gasteiger partial charge in [0, 0.05) is 17.1 Å². The third-order valence-electron chi connectivity index (χ3n) is 3.10. The standard InChI is InChI=1S/C11H18N2OS/c1-8(11-6-12-7-15-11)13-5-9-2-3-10(14)4-9/h6-10,13-14H,2-5H2,1H3. The number of thiazole rings is 1. The SMILES string of the molecule is CC(NCC1CCC(O)C1)c1cncs1. The minimum atomic E-state index is -0.0597. The molecule has 0 bridgehead atoms. The maximum atomic E-state index is 9.41. The van der Waals surface area contributed by atoms with Crippen LogP contribution in [-0.4, -0.2) is 22.7 Å². The Hall–Kier alpha value is -0.450. The summed E-state index contributed by atoms with van der Waals surface area (Å²) in [5.41, 5.74) is 1.87. The molecule has 4 heteroatoms. The van der Waals surface area contributed by atoms with Crippen molar-refractivity contribution in [2.24, 2.45) is 5.92 Å². The van der Waals surface area contributed by atoms with Gasteiger partial charge in [-0.1, -0.05) is 0 Å². The first kappa shape index (κ1) is 11.0. The fourth-order valence-electron chi connectivity index (χ4n) is 2.12. The van der Waals surface area contributed by atoms with Crippen LogP contribution in [0.5, 0.6) is 0 Å². The lowest BCUT2D eigenvalue weighted by Gasteiger charge is -2.15. The number of aliphatic hydroxyl groups excluding tert-OH is 1. The van der Waals surface area contributed by atoms with E-state index in [0.717, 1.165) is 25.8 Å². The van der Waals surface area contributed by atoms with Gasteiger partial charge >= 0.3 is 0 Å². The molecule has 2 rings (SSSR count). The average molecular weight is 226 g/mol. The molecule has 3 atom stereocenters. The third kappa shape index (κ3) is 3.00. The Labute approximate surface area is 94.5 Å². The minimum Gasteiger partial charge on any atom is -0.393 e. The zero-order chi connectivity index (χ0) is 10.7. The Bertz CT molecular complexity index is 289. The van der Waals surface area contributed by atoms with Gasteiger partial charge in [-0.3, -0.25) is 4.98 Å². The van der Waals surface area contributed by atoms with Gasteiger partial charge in [0.05, 0.1) is 11.6 Å². The van der Waals surface area contributed by atoms with Gasteiger partial charge in [0.2, 0.25) is 0 Å². The van der Waals surface area contributed by atoms with Crippen LogP contribution in [0.2, 0.25) is 0 Å². The van der Waals surface area contributed by atoms with E-state index in [1.807, 2.05) is 11.7 Å². The summed E-state index contributed by atoms with van der Waals surface area (Å²) >= 11 is 1.69. The number of hydrogen-bond donors (Lipinski definition) is 2.